The zero-order chi connectivity index (χ0) is 42.7. The van der Waals surface area contributed by atoms with Crippen molar-refractivity contribution in [3.8, 4) is 5.88 Å². The largest absolute Gasteiger partial charge is 0.471 e. The van der Waals surface area contributed by atoms with Crippen molar-refractivity contribution in [3.05, 3.63) is 46.8 Å². The normalized spacial score (nSPS) is 29.0. The molecular formula is C39H51F3N6O9S. The third kappa shape index (κ3) is 7.77. The summed E-state index contributed by atoms with van der Waals surface area (Å²) in [5, 5.41) is 18.1. The average Bonchev–Trinajstić information content (AvgIpc) is 4.02. The van der Waals surface area contributed by atoms with Gasteiger partial charge in [0.2, 0.25) is 27.7 Å². The number of carbonyl (C=O) groups is 4. The van der Waals surface area contributed by atoms with Crippen LogP contribution in [0.5, 0.6) is 5.88 Å². The van der Waals surface area contributed by atoms with Crippen LogP contribution in [0.1, 0.15) is 86.5 Å². The molecule has 58 heavy (non-hydrogen) atoms. The first-order valence-electron chi connectivity index (χ1n) is 19.6. The van der Waals surface area contributed by atoms with Crippen LogP contribution in [0, 0.1) is 17.8 Å². The van der Waals surface area contributed by atoms with E-state index in [9.17, 15) is 50.7 Å². The lowest BCUT2D eigenvalue weighted by Crippen LogP contribution is -2.66. The van der Waals surface area contributed by atoms with Gasteiger partial charge in [0.05, 0.1) is 22.1 Å². The molecule has 1 aromatic carbocycles. The number of sulfonamides is 1. The molecule has 3 heterocycles. The number of ether oxygens (including phenoxy) is 1. The maximum atomic E-state index is 15.0. The number of nitrogens with one attached hydrogen (secondary N) is 2. The molecule has 0 radical (unpaired) electrons. The van der Waals surface area contributed by atoms with Crippen LogP contribution in [0.25, 0.3) is 10.8 Å². The molecule has 2 aliphatic carbocycles. The number of hydrogen-bond acceptors (Lipinski definition) is 9. The zero-order valence-electron chi connectivity index (χ0n) is 33.3. The molecule has 7 atom stereocenters. The summed E-state index contributed by atoms with van der Waals surface area (Å²) in [5.74, 6) is -4.77. The van der Waals surface area contributed by atoms with Crippen LogP contribution in [0.4, 0.5) is 18.0 Å². The van der Waals surface area contributed by atoms with E-state index in [1.54, 1.807) is 43.3 Å². The topological polar surface area (TPSA) is 197 Å². The Morgan fingerprint density at radius 2 is 1.76 bits per heavy atom. The zero-order valence-corrected chi connectivity index (χ0v) is 34.2. The molecule has 3 fully saturated rings. The predicted molar refractivity (Wildman–Crippen MR) is 205 cm³/mol. The van der Waals surface area contributed by atoms with Gasteiger partial charge >= 0.3 is 12.3 Å². The minimum Gasteiger partial charge on any atom is -0.471 e. The van der Waals surface area contributed by atoms with Crippen LogP contribution in [0.3, 0.4) is 0 Å². The molecule has 4 aliphatic rings. The molecule has 2 aromatic rings. The molecule has 3 N–H and O–H groups in total. The number of hydrogen-bond donors (Lipinski definition) is 3. The van der Waals surface area contributed by atoms with E-state index in [1.165, 1.54) is 18.5 Å². The minimum absolute atomic E-state index is 0.0104. The molecule has 2 saturated carbocycles. The second-order valence-electron chi connectivity index (χ2n) is 17.1. The standard InChI is InChI=1S/C39H51F3N6O9S/c1-7-47-32(50)27-15-11-10-14-26(27)31(44-47)57-25-19-28-30(49)43-38(34(52)45-58(55,56)37(6)16-17-37)20-24(38)13-9-8-12-22(2)18-23(3)29(33(51)46(28)21-25)48(35(53)54)36(4,5)39(40,41)42/h9-11,13-15,22-25,28-29H,7-8,12,16-21H2,1-6H3,(H,43,49)(H,45,52)(H,53,54)/t22-,23-,24-,25-,28+,29+,38-/m1/s1. The first-order chi connectivity index (χ1) is 27.0. The number of carbonyl (C=O) groups excluding carboxylic acids is 3. The van der Waals surface area contributed by atoms with Gasteiger partial charge in [-0.1, -0.05) is 38.1 Å². The number of aromatic nitrogens is 2. The summed E-state index contributed by atoms with van der Waals surface area (Å²) in [6.45, 7) is 7.66. The Hall–Kier alpha value is -4.68. The monoisotopic (exact) mass is 836 g/mol. The van der Waals surface area contributed by atoms with E-state index < -0.39 is 92.4 Å². The van der Waals surface area contributed by atoms with Crippen LogP contribution in [-0.2, 0) is 31.0 Å². The molecule has 19 heteroatoms. The van der Waals surface area contributed by atoms with Crippen molar-refractivity contribution >= 4 is 44.6 Å². The number of allylic oxidation sites excluding steroid dienone is 1. The average molecular weight is 837 g/mol. The number of halogens is 3. The molecule has 318 valence electrons. The van der Waals surface area contributed by atoms with E-state index in [-0.39, 0.29) is 53.5 Å². The Bertz CT molecular complexity index is 2190. The molecule has 0 spiro atoms. The van der Waals surface area contributed by atoms with Crippen molar-refractivity contribution in [2.24, 2.45) is 17.8 Å². The maximum Gasteiger partial charge on any atom is 0.411 e. The van der Waals surface area contributed by atoms with Gasteiger partial charge in [0.25, 0.3) is 11.5 Å². The number of fused-ring (bicyclic) bond motifs is 3. The van der Waals surface area contributed by atoms with Gasteiger partial charge in [0, 0.05) is 18.9 Å². The second kappa shape index (κ2) is 15.2. The van der Waals surface area contributed by atoms with Crippen molar-refractivity contribution < 1.29 is 50.6 Å². The fourth-order valence-corrected chi connectivity index (χ4v) is 9.56. The lowest BCUT2D eigenvalue weighted by atomic mass is 9.85. The van der Waals surface area contributed by atoms with E-state index in [0.717, 1.165) is 4.90 Å². The van der Waals surface area contributed by atoms with Crippen LogP contribution in [-0.4, -0.2) is 104 Å². The van der Waals surface area contributed by atoms with Crippen molar-refractivity contribution in [3.63, 3.8) is 0 Å². The van der Waals surface area contributed by atoms with Gasteiger partial charge in [-0.2, -0.15) is 13.2 Å². The molecule has 0 unspecified atom stereocenters. The number of benzene rings is 1. The summed E-state index contributed by atoms with van der Waals surface area (Å²) in [7, 11) is -4.13. The van der Waals surface area contributed by atoms with Crippen molar-refractivity contribution in [1.82, 2.24) is 29.6 Å². The van der Waals surface area contributed by atoms with Gasteiger partial charge in [-0.05, 0) is 90.2 Å². The molecule has 1 saturated heterocycles. The van der Waals surface area contributed by atoms with Gasteiger partial charge in [-0.25, -0.2) is 17.9 Å². The highest BCUT2D eigenvalue weighted by Gasteiger charge is 2.64. The summed E-state index contributed by atoms with van der Waals surface area (Å²) in [5.41, 5.74) is -5.18. The number of nitrogens with zero attached hydrogens (tertiary/aromatic N) is 4. The van der Waals surface area contributed by atoms with Crippen molar-refractivity contribution in [2.45, 2.75) is 133 Å². The van der Waals surface area contributed by atoms with Crippen molar-refractivity contribution in [1.29, 1.82) is 0 Å². The SMILES string of the molecule is CCn1nc(O[C@@H]2C[C@H]3C(=O)N[C@]4(C(=O)NS(=O)(=O)C5(C)CC5)C[C@H]4C=CCC[C@@H](C)C[C@@H](C)[C@H](N(C(=O)O)C(C)(C)C(F)(F)F)C(=O)N3C2)c2ccccc2c1=O. The van der Waals surface area contributed by atoms with E-state index in [2.05, 4.69) is 15.1 Å². The van der Waals surface area contributed by atoms with Crippen molar-refractivity contribution in [2.75, 3.05) is 6.54 Å². The number of rotatable bonds is 8. The summed E-state index contributed by atoms with van der Waals surface area (Å²) in [4.78, 5) is 70.6. The highest BCUT2D eigenvalue weighted by molar-refractivity contribution is 7.91. The smallest absolute Gasteiger partial charge is 0.411 e. The van der Waals surface area contributed by atoms with Crippen LogP contribution in [0.2, 0.25) is 0 Å². The summed E-state index contributed by atoms with van der Waals surface area (Å²) < 4.78 is 79.0. The number of aryl methyl sites for hydroxylation is 1. The molecule has 2 aliphatic heterocycles. The first kappa shape index (κ1) is 42.9. The Balaban J connectivity index is 1.44. The maximum absolute atomic E-state index is 15.0. The van der Waals surface area contributed by atoms with Crippen LogP contribution < -0.4 is 20.3 Å². The fourth-order valence-electron chi connectivity index (χ4n) is 8.25. The molecule has 0 bridgehead atoms. The van der Waals surface area contributed by atoms with E-state index >= 15 is 0 Å². The Morgan fingerprint density at radius 3 is 2.36 bits per heavy atom. The number of amides is 4. The molecule has 6 rings (SSSR count). The Morgan fingerprint density at radius 1 is 1.10 bits per heavy atom. The lowest BCUT2D eigenvalue weighted by Gasteiger charge is -2.45. The number of alkyl halides is 3. The van der Waals surface area contributed by atoms with Gasteiger partial charge in [-0.3, -0.25) is 28.8 Å². The molecular weight excluding hydrogens is 786 g/mol. The number of carboxylic acid groups (broad SMARTS) is 1. The van der Waals surface area contributed by atoms with Gasteiger partial charge in [0.1, 0.15) is 29.3 Å². The minimum atomic E-state index is -5.11. The predicted octanol–water partition coefficient (Wildman–Crippen LogP) is 4.34. The lowest BCUT2D eigenvalue weighted by molar-refractivity contribution is -0.222. The molecule has 1 aromatic heterocycles. The Labute approximate surface area is 334 Å². The van der Waals surface area contributed by atoms with E-state index in [1.807, 2.05) is 6.92 Å². The van der Waals surface area contributed by atoms with Gasteiger partial charge in [0.15, 0.2) is 0 Å². The summed E-state index contributed by atoms with van der Waals surface area (Å²) in [6.07, 6.45) is -3.12. The van der Waals surface area contributed by atoms with Gasteiger partial charge in [-0.15, -0.1) is 5.10 Å². The fraction of sp³-hybridized carbons (Fsp3) is 0.641. The highest BCUT2D eigenvalue weighted by atomic mass is 32.2. The first-order valence-corrected chi connectivity index (χ1v) is 21.1. The van der Waals surface area contributed by atoms with Crippen LogP contribution >= 0.6 is 0 Å². The van der Waals surface area contributed by atoms with Gasteiger partial charge < -0.3 is 20.1 Å². The second-order valence-corrected chi connectivity index (χ2v) is 19.3. The summed E-state index contributed by atoms with van der Waals surface area (Å²) >= 11 is 0. The van der Waals surface area contributed by atoms with E-state index in [4.69, 9.17) is 4.74 Å². The quantitative estimate of drug-likeness (QED) is 0.322. The molecule has 15 nitrogen and oxygen atoms in total. The summed E-state index contributed by atoms with van der Waals surface area (Å²) in [6, 6.07) is 3.06. The van der Waals surface area contributed by atoms with Crippen LogP contribution in [0.15, 0.2) is 41.2 Å². The Kier molecular flexibility index (Phi) is 11.2. The third-order valence-corrected chi connectivity index (χ3v) is 14.6. The van der Waals surface area contributed by atoms with E-state index in [0.29, 0.717) is 44.9 Å². The highest BCUT2D eigenvalue weighted by Crippen LogP contribution is 2.48. The molecule has 4 amide bonds. The third-order valence-electron chi connectivity index (χ3n) is 12.4.